The van der Waals surface area contributed by atoms with E-state index in [1.54, 1.807) is 0 Å². The number of halogens is 1. The van der Waals surface area contributed by atoms with E-state index in [2.05, 4.69) is 32.2 Å². The zero-order valence-electron chi connectivity index (χ0n) is 15.1. The van der Waals surface area contributed by atoms with Gasteiger partial charge in [0.2, 0.25) is 12.7 Å². The minimum atomic E-state index is 0.290. The summed E-state index contributed by atoms with van der Waals surface area (Å²) < 4.78 is 11.9. The summed E-state index contributed by atoms with van der Waals surface area (Å²) in [7, 11) is 0. The SMILES string of the molecule is O=C(C1CCCCC1)N1CCC(NCc2cc(Br)c3c(c2)OCO3)CC1. The molecule has 0 radical (unpaired) electrons. The second-order valence-corrected chi connectivity index (χ2v) is 8.48. The number of piperidine rings is 1. The van der Waals surface area contributed by atoms with Gasteiger partial charge < -0.3 is 19.7 Å². The zero-order chi connectivity index (χ0) is 17.9. The van der Waals surface area contributed by atoms with Gasteiger partial charge in [-0.25, -0.2) is 0 Å². The number of carbonyl (C=O) groups is 1. The van der Waals surface area contributed by atoms with Gasteiger partial charge in [0.15, 0.2) is 11.5 Å². The number of hydrogen-bond donors (Lipinski definition) is 1. The Balaban J connectivity index is 1.25. The normalized spacial score (nSPS) is 21.2. The molecule has 1 aromatic carbocycles. The second kappa shape index (κ2) is 8.17. The number of amides is 1. The van der Waals surface area contributed by atoms with E-state index >= 15 is 0 Å². The van der Waals surface area contributed by atoms with E-state index in [-0.39, 0.29) is 6.79 Å². The predicted octanol–water partition coefficient (Wildman–Crippen LogP) is 3.84. The van der Waals surface area contributed by atoms with Crippen molar-refractivity contribution in [2.24, 2.45) is 5.92 Å². The van der Waals surface area contributed by atoms with Crippen LogP contribution in [0.5, 0.6) is 11.5 Å². The van der Waals surface area contributed by atoms with Crippen LogP contribution in [0.15, 0.2) is 16.6 Å². The molecule has 0 spiro atoms. The molecule has 26 heavy (non-hydrogen) atoms. The number of nitrogens with one attached hydrogen (secondary N) is 1. The Morgan fingerprint density at radius 1 is 1.12 bits per heavy atom. The quantitative estimate of drug-likeness (QED) is 0.800. The van der Waals surface area contributed by atoms with E-state index in [9.17, 15) is 4.79 Å². The lowest BCUT2D eigenvalue weighted by molar-refractivity contribution is -0.137. The maximum absolute atomic E-state index is 12.7. The number of hydrogen-bond acceptors (Lipinski definition) is 4. The molecule has 0 atom stereocenters. The van der Waals surface area contributed by atoms with E-state index in [4.69, 9.17) is 9.47 Å². The van der Waals surface area contributed by atoms with Crippen molar-refractivity contribution in [1.82, 2.24) is 10.2 Å². The molecule has 2 aliphatic heterocycles. The van der Waals surface area contributed by atoms with Gasteiger partial charge in [-0.3, -0.25) is 4.79 Å². The van der Waals surface area contributed by atoms with Crippen LogP contribution in [0, 0.1) is 5.92 Å². The van der Waals surface area contributed by atoms with Crippen molar-refractivity contribution in [1.29, 1.82) is 0 Å². The lowest BCUT2D eigenvalue weighted by atomic mass is 9.87. The first kappa shape index (κ1) is 18.1. The average molecular weight is 423 g/mol. The summed E-state index contributed by atoms with van der Waals surface area (Å²) in [6, 6.07) is 4.60. The van der Waals surface area contributed by atoms with Crippen molar-refractivity contribution in [2.45, 2.75) is 57.5 Å². The number of ether oxygens (including phenoxy) is 2. The van der Waals surface area contributed by atoms with Gasteiger partial charge in [0, 0.05) is 31.6 Å². The van der Waals surface area contributed by atoms with E-state index in [1.165, 1.54) is 24.8 Å². The standard InChI is InChI=1S/C20H27BrN2O3/c21-17-10-14(11-18-19(17)26-13-25-18)12-22-16-6-8-23(9-7-16)20(24)15-4-2-1-3-5-15/h10-11,15-16,22H,1-9,12-13H2. The van der Waals surface area contributed by atoms with Gasteiger partial charge in [0.25, 0.3) is 0 Å². The van der Waals surface area contributed by atoms with Gasteiger partial charge in [0.1, 0.15) is 0 Å². The van der Waals surface area contributed by atoms with E-state index in [0.717, 1.165) is 61.3 Å². The zero-order valence-corrected chi connectivity index (χ0v) is 16.7. The van der Waals surface area contributed by atoms with Gasteiger partial charge in [-0.15, -0.1) is 0 Å². The Hall–Kier alpha value is -1.27. The van der Waals surface area contributed by atoms with Gasteiger partial charge in [0.05, 0.1) is 4.47 Å². The van der Waals surface area contributed by atoms with E-state index in [0.29, 0.717) is 17.9 Å². The maximum Gasteiger partial charge on any atom is 0.231 e. The number of fused-ring (bicyclic) bond motifs is 1. The van der Waals surface area contributed by atoms with Crippen LogP contribution in [-0.4, -0.2) is 36.7 Å². The second-order valence-electron chi connectivity index (χ2n) is 7.63. The van der Waals surface area contributed by atoms with Crippen molar-refractivity contribution >= 4 is 21.8 Å². The van der Waals surface area contributed by atoms with Crippen LogP contribution in [0.3, 0.4) is 0 Å². The molecule has 1 amide bonds. The third-order valence-electron chi connectivity index (χ3n) is 5.84. The van der Waals surface area contributed by atoms with Gasteiger partial charge in [-0.05, 0) is 59.3 Å². The van der Waals surface area contributed by atoms with E-state index in [1.807, 2.05) is 6.07 Å². The molecule has 2 heterocycles. The van der Waals surface area contributed by atoms with Crippen LogP contribution in [0.2, 0.25) is 0 Å². The summed E-state index contributed by atoms with van der Waals surface area (Å²) in [6.07, 6.45) is 7.99. The van der Waals surface area contributed by atoms with Crippen LogP contribution >= 0.6 is 15.9 Å². The Morgan fingerprint density at radius 2 is 1.88 bits per heavy atom. The largest absolute Gasteiger partial charge is 0.454 e. The summed E-state index contributed by atoms with van der Waals surface area (Å²) >= 11 is 3.55. The minimum Gasteiger partial charge on any atom is -0.454 e. The topological polar surface area (TPSA) is 50.8 Å². The summed E-state index contributed by atoms with van der Waals surface area (Å²) in [5, 5.41) is 3.64. The molecule has 1 N–H and O–H groups in total. The highest BCUT2D eigenvalue weighted by Gasteiger charge is 2.29. The predicted molar refractivity (Wildman–Crippen MR) is 103 cm³/mol. The lowest BCUT2D eigenvalue weighted by Gasteiger charge is -2.35. The highest BCUT2D eigenvalue weighted by Crippen LogP contribution is 2.40. The molecule has 4 rings (SSSR count). The van der Waals surface area contributed by atoms with Crippen molar-refractivity contribution in [3.8, 4) is 11.5 Å². The maximum atomic E-state index is 12.7. The smallest absolute Gasteiger partial charge is 0.231 e. The van der Waals surface area contributed by atoms with Gasteiger partial charge in [-0.1, -0.05) is 19.3 Å². The first-order valence-corrected chi connectivity index (χ1v) is 10.6. The van der Waals surface area contributed by atoms with Gasteiger partial charge in [-0.2, -0.15) is 0 Å². The fourth-order valence-electron chi connectivity index (χ4n) is 4.30. The van der Waals surface area contributed by atoms with Crippen molar-refractivity contribution < 1.29 is 14.3 Å². The Labute approximate surface area is 163 Å². The monoisotopic (exact) mass is 422 g/mol. The molecule has 5 nitrogen and oxygen atoms in total. The first-order chi connectivity index (χ1) is 12.7. The van der Waals surface area contributed by atoms with Crippen LogP contribution in [0.1, 0.15) is 50.5 Å². The molecule has 1 aromatic rings. The number of carbonyl (C=O) groups excluding carboxylic acids is 1. The molecule has 1 aliphatic carbocycles. The molecule has 6 heteroatoms. The first-order valence-electron chi connectivity index (χ1n) is 9.81. The summed E-state index contributed by atoms with van der Waals surface area (Å²) in [6.45, 7) is 2.87. The molecule has 2 fully saturated rings. The van der Waals surface area contributed by atoms with Crippen molar-refractivity contribution in [2.75, 3.05) is 19.9 Å². The fourth-order valence-corrected chi connectivity index (χ4v) is 4.90. The highest BCUT2D eigenvalue weighted by molar-refractivity contribution is 9.10. The minimum absolute atomic E-state index is 0.290. The molecule has 0 aromatic heterocycles. The molecule has 1 saturated heterocycles. The Morgan fingerprint density at radius 3 is 2.65 bits per heavy atom. The molecule has 142 valence electrons. The molecular formula is C20H27BrN2O3. The van der Waals surface area contributed by atoms with Crippen LogP contribution < -0.4 is 14.8 Å². The number of likely N-dealkylation sites (tertiary alicyclic amines) is 1. The van der Waals surface area contributed by atoms with Crippen molar-refractivity contribution in [3.63, 3.8) is 0 Å². The Bertz CT molecular complexity index is 653. The Kier molecular flexibility index (Phi) is 5.69. The molecule has 3 aliphatic rings. The summed E-state index contributed by atoms with van der Waals surface area (Å²) in [5.74, 6) is 2.30. The van der Waals surface area contributed by atoms with Crippen LogP contribution in [0.25, 0.3) is 0 Å². The average Bonchev–Trinajstić information content (AvgIpc) is 3.16. The molecule has 1 saturated carbocycles. The lowest BCUT2D eigenvalue weighted by Crippen LogP contribution is -2.46. The summed E-state index contributed by atoms with van der Waals surface area (Å²) in [4.78, 5) is 14.8. The molecule has 0 bridgehead atoms. The molecular weight excluding hydrogens is 396 g/mol. The fraction of sp³-hybridized carbons (Fsp3) is 0.650. The third-order valence-corrected chi connectivity index (χ3v) is 6.43. The third kappa shape index (κ3) is 4.01. The molecule has 0 unspecified atom stereocenters. The number of benzene rings is 1. The highest BCUT2D eigenvalue weighted by atomic mass is 79.9. The van der Waals surface area contributed by atoms with E-state index < -0.39 is 0 Å². The van der Waals surface area contributed by atoms with Gasteiger partial charge >= 0.3 is 0 Å². The summed E-state index contributed by atoms with van der Waals surface area (Å²) in [5.41, 5.74) is 1.18. The van der Waals surface area contributed by atoms with Crippen molar-refractivity contribution in [3.05, 3.63) is 22.2 Å². The number of rotatable bonds is 4. The van der Waals surface area contributed by atoms with Crippen LogP contribution in [-0.2, 0) is 11.3 Å². The van der Waals surface area contributed by atoms with Crippen LogP contribution in [0.4, 0.5) is 0 Å². The number of nitrogens with zero attached hydrogens (tertiary/aromatic N) is 1.